The summed E-state index contributed by atoms with van der Waals surface area (Å²) < 4.78 is 2.94. The summed E-state index contributed by atoms with van der Waals surface area (Å²) in [5.41, 5.74) is 1.11. The van der Waals surface area contributed by atoms with Gasteiger partial charge in [-0.3, -0.25) is 9.48 Å². The van der Waals surface area contributed by atoms with E-state index in [0.29, 0.717) is 6.42 Å². The average molecular weight is 340 g/mol. The van der Waals surface area contributed by atoms with Gasteiger partial charge >= 0.3 is 0 Å². The fraction of sp³-hybridized carbons (Fsp3) is 0.231. The molecule has 1 heterocycles. The molecule has 4 heteroatoms. The number of carbonyl (C=O) groups excluding carboxylic acids is 1. The van der Waals surface area contributed by atoms with Gasteiger partial charge in [-0.2, -0.15) is 5.10 Å². The standard InChI is InChI=1S/C13H13IN2O/c1-10(17)7-13(11-5-3-2-4-6-11)16-9-12(14)8-15-16/h2-6,8-9,13H,7H2,1H3. The maximum absolute atomic E-state index is 11.4. The Morgan fingerprint density at radius 2 is 2.12 bits per heavy atom. The van der Waals surface area contributed by atoms with Crippen molar-refractivity contribution in [2.24, 2.45) is 0 Å². The van der Waals surface area contributed by atoms with Crippen LogP contribution in [0.3, 0.4) is 0 Å². The predicted octanol–water partition coefficient (Wildman–Crippen LogP) is 3.06. The van der Waals surface area contributed by atoms with E-state index < -0.39 is 0 Å². The zero-order chi connectivity index (χ0) is 12.3. The molecule has 1 unspecified atom stereocenters. The fourth-order valence-electron chi connectivity index (χ4n) is 1.80. The minimum absolute atomic E-state index is 0.00258. The zero-order valence-corrected chi connectivity index (χ0v) is 11.7. The van der Waals surface area contributed by atoms with Crippen LogP contribution in [0.15, 0.2) is 42.7 Å². The van der Waals surface area contributed by atoms with Crippen molar-refractivity contribution in [3.8, 4) is 0 Å². The highest BCUT2D eigenvalue weighted by Crippen LogP contribution is 2.22. The van der Waals surface area contributed by atoms with Crippen LogP contribution in [0, 0.1) is 3.57 Å². The number of nitrogens with zero attached hydrogens (tertiary/aromatic N) is 2. The van der Waals surface area contributed by atoms with Gasteiger partial charge in [-0.25, -0.2) is 0 Å². The van der Waals surface area contributed by atoms with E-state index in [4.69, 9.17) is 0 Å². The quantitative estimate of drug-likeness (QED) is 0.802. The summed E-state index contributed by atoms with van der Waals surface area (Å²) >= 11 is 2.22. The molecule has 0 spiro atoms. The van der Waals surface area contributed by atoms with Crippen LogP contribution in [0.2, 0.25) is 0 Å². The van der Waals surface area contributed by atoms with Gasteiger partial charge < -0.3 is 0 Å². The van der Waals surface area contributed by atoms with Crippen molar-refractivity contribution in [2.45, 2.75) is 19.4 Å². The number of rotatable bonds is 4. The third kappa shape index (κ3) is 3.15. The number of halogens is 1. The molecular weight excluding hydrogens is 327 g/mol. The van der Waals surface area contributed by atoms with E-state index in [1.54, 1.807) is 13.1 Å². The summed E-state index contributed by atoms with van der Waals surface area (Å²) in [5, 5.41) is 4.30. The van der Waals surface area contributed by atoms with Gasteiger partial charge in [0.15, 0.2) is 0 Å². The summed E-state index contributed by atoms with van der Waals surface area (Å²) in [5.74, 6) is 0.171. The second kappa shape index (κ2) is 5.44. The lowest BCUT2D eigenvalue weighted by Crippen LogP contribution is -2.14. The number of aromatic nitrogens is 2. The molecule has 3 nitrogen and oxygen atoms in total. The molecule has 0 saturated heterocycles. The second-order valence-electron chi connectivity index (χ2n) is 3.97. The molecule has 0 saturated carbocycles. The Labute approximate surface area is 114 Å². The molecule has 1 aromatic carbocycles. The minimum Gasteiger partial charge on any atom is -0.300 e. The number of benzene rings is 1. The van der Waals surface area contributed by atoms with Crippen LogP contribution in [0.5, 0.6) is 0 Å². The number of hydrogen-bond acceptors (Lipinski definition) is 2. The molecule has 0 aliphatic rings. The molecule has 1 aromatic heterocycles. The van der Waals surface area contributed by atoms with Gasteiger partial charge in [0.2, 0.25) is 0 Å². The van der Waals surface area contributed by atoms with Gasteiger partial charge in [-0.1, -0.05) is 30.3 Å². The Morgan fingerprint density at radius 1 is 1.41 bits per heavy atom. The number of hydrogen-bond donors (Lipinski definition) is 0. The van der Waals surface area contributed by atoms with Crippen LogP contribution < -0.4 is 0 Å². The highest BCUT2D eigenvalue weighted by Gasteiger charge is 2.16. The van der Waals surface area contributed by atoms with Crippen molar-refractivity contribution in [1.29, 1.82) is 0 Å². The van der Waals surface area contributed by atoms with Crippen LogP contribution in [0.1, 0.15) is 24.9 Å². The van der Waals surface area contributed by atoms with Crippen molar-refractivity contribution in [2.75, 3.05) is 0 Å². The monoisotopic (exact) mass is 340 g/mol. The molecule has 2 rings (SSSR count). The molecule has 88 valence electrons. The lowest BCUT2D eigenvalue weighted by molar-refractivity contribution is -0.117. The first-order valence-corrected chi connectivity index (χ1v) is 6.48. The molecule has 0 aliphatic carbocycles. The molecule has 17 heavy (non-hydrogen) atoms. The smallest absolute Gasteiger partial charge is 0.132 e. The molecule has 0 fully saturated rings. The van der Waals surface area contributed by atoms with Crippen molar-refractivity contribution in [3.63, 3.8) is 0 Å². The van der Waals surface area contributed by atoms with Gasteiger partial charge in [0, 0.05) is 12.6 Å². The van der Waals surface area contributed by atoms with E-state index >= 15 is 0 Å². The molecule has 0 N–H and O–H groups in total. The Balaban J connectivity index is 2.35. The predicted molar refractivity (Wildman–Crippen MR) is 74.8 cm³/mol. The van der Waals surface area contributed by atoms with Crippen LogP contribution in [0.4, 0.5) is 0 Å². The third-order valence-corrected chi connectivity index (χ3v) is 3.11. The Morgan fingerprint density at radius 3 is 2.65 bits per heavy atom. The summed E-state index contributed by atoms with van der Waals surface area (Å²) in [4.78, 5) is 11.4. The van der Waals surface area contributed by atoms with Gasteiger partial charge in [-0.15, -0.1) is 0 Å². The first kappa shape index (κ1) is 12.3. The van der Waals surface area contributed by atoms with E-state index in [1.165, 1.54) is 0 Å². The average Bonchev–Trinajstić information content (AvgIpc) is 2.73. The first-order chi connectivity index (χ1) is 8.16. The summed E-state index contributed by atoms with van der Waals surface area (Å²) in [6, 6.07) is 10.00. The Bertz CT molecular complexity index is 507. The molecule has 1 atom stereocenters. The van der Waals surface area contributed by atoms with Gasteiger partial charge in [-0.05, 0) is 35.1 Å². The van der Waals surface area contributed by atoms with Crippen molar-refractivity contribution < 1.29 is 4.79 Å². The maximum atomic E-state index is 11.4. The highest BCUT2D eigenvalue weighted by atomic mass is 127. The number of carbonyl (C=O) groups is 1. The van der Waals surface area contributed by atoms with Crippen LogP contribution in [-0.2, 0) is 4.79 Å². The van der Waals surface area contributed by atoms with Crippen LogP contribution in [0.25, 0.3) is 0 Å². The van der Waals surface area contributed by atoms with E-state index in [2.05, 4.69) is 27.7 Å². The van der Waals surface area contributed by atoms with Crippen molar-refractivity contribution in [3.05, 3.63) is 51.9 Å². The number of Topliss-reactive ketones (excluding diaryl/α,β-unsaturated/α-hetero) is 1. The molecule has 0 aliphatic heterocycles. The van der Waals surface area contributed by atoms with Crippen LogP contribution >= 0.6 is 22.6 Å². The van der Waals surface area contributed by atoms with Crippen molar-refractivity contribution in [1.82, 2.24) is 9.78 Å². The Hall–Kier alpha value is -1.17. The van der Waals surface area contributed by atoms with E-state index in [-0.39, 0.29) is 11.8 Å². The van der Waals surface area contributed by atoms with Crippen LogP contribution in [-0.4, -0.2) is 15.6 Å². The lowest BCUT2D eigenvalue weighted by Gasteiger charge is -2.16. The maximum Gasteiger partial charge on any atom is 0.132 e. The normalized spacial score (nSPS) is 12.4. The topological polar surface area (TPSA) is 34.9 Å². The van der Waals surface area contributed by atoms with E-state index in [0.717, 1.165) is 9.13 Å². The molecule has 0 bridgehead atoms. The molecular formula is C13H13IN2O. The molecule has 0 radical (unpaired) electrons. The largest absolute Gasteiger partial charge is 0.300 e. The highest BCUT2D eigenvalue weighted by molar-refractivity contribution is 14.1. The van der Waals surface area contributed by atoms with Gasteiger partial charge in [0.1, 0.15) is 5.78 Å². The minimum atomic E-state index is -0.00258. The fourth-order valence-corrected chi connectivity index (χ4v) is 2.21. The van der Waals surface area contributed by atoms with Gasteiger partial charge in [0.05, 0.1) is 15.8 Å². The molecule has 2 aromatic rings. The third-order valence-electron chi connectivity index (χ3n) is 2.55. The summed E-state index contributed by atoms with van der Waals surface area (Å²) in [6.07, 6.45) is 4.24. The van der Waals surface area contributed by atoms with E-state index in [1.807, 2.05) is 41.2 Å². The zero-order valence-electron chi connectivity index (χ0n) is 9.51. The Kier molecular flexibility index (Phi) is 3.93. The first-order valence-electron chi connectivity index (χ1n) is 5.41. The lowest BCUT2D eigenvalue weighted by atomic mass is 10.0. The summed E-state index contributed by atoms with van der Waals surface area (Å²) in [7, 11) is 0. The number of ketones is 1. The molecule has 0 amide bonds. The second-order valence-corrected chi connectivity index (χ2v) is 5.22. The van der Waals surface area contributed by atoms with E-state index in [9.17, 15) is 4.79 Å². The van der Waals surface area contributed by atoms with Crippen molar-refractivity contribution >= 4 is 28.4 Å². The SMILES string of the molecule is CC(=O)CC(c1ccccc1)n1cc(I)cn1. The summed E-state index contributed by atoms with van der Waals surface area (Å²) in [6.45, 7) is 1.62. The van der Waals surface area contributed by atoms with Gasteiger partial charge in [0.25, 0.3) is 0 Å².